The molecule has 2 saturated heterocycles. The topological polar surface area (TPSA) is 107 Å². The summed E-state index contributed by atoms with van der Waals surface area (Å²) in [4.78, 5) is -0.0948. The molecule has 0 saturated carbocycles. The molecule has 0 unspecified atom stereocenters. The van der Waals surface area contributed by atoms with E-state index in [9.17, 15) is 21.2 Å². The molecule has 3 atom stereocenters. The molecule has 7 nitrogen and oxygen atoms in total. The number of allylic oxidation sites excluding steroid dienone is 5. The Hall–Kier alpha value is -1.79. The number of sulfone groups is 2. The number of hydrogen-bond acceptors (Lipinski definition) is 7. The summed E-state index contributed by atoms with van der Waals surface area (Å²) in [5.41, 5.74) is -0.243. The molecule has 12 heteroatoms. The summed E-state index contributed by atoms with van der Waals surface area (Å²) in [5, 5.41) is 9.35. The highest BCUT2D eigenvalue weighted by atomic mass is 35.5. The minimum atomic E-state index is -4.33. The fourth-order valence-electron chi connectivity index (χ4n) is 4.87. The SMILES string of the molecule is C/C=C1/OC[C@H]2[C@H](CCS(=O)(=O)CCO)OCC[C@@]2(S(=O)(=O)c2ccc(Cl)cc2)/C1=C(F)/C=C\CF. The molecule has 36 heavy (non-hydrogen) atoms. The van der Waals surface area contributed by atoms with Crippen molar-refractivity contribution in [2.24, 2.45) is 5.92 Å². The van der Waals surface area contributed by atoms with E-state index in [4.69, 9.17) is 26.2 Å². The van der Waals surface area contributed by atoms with Gasteiger partial charge in [0.1, 0.15) is 23.0 Å². The Morgan fingerprint density at radius 2 is 1.92 bits per heavy atom. The van der Waals surface area contributed by atoms with Gasteiger partial charge < -0.3 is 14.6 Å². The van der Waals surface area contributed by atoms with Crippen molar-refractivity contribution in [1.82, 2.24) is 0 Å². The lowest BCUT2D eigenvalue weighted by Crippen LogP contribution is -2.60. The largest absolute Gasteiger partial charge is 0.493 e. The first-order chi connectivity index (χ1) is 17.0. The van der Waals surface area contributed by atoms with Gasteiger partial charge in [0.05, 0.1) is 41.3 Å². The van der Waals surface area contributed by atoms with Gasteiger partial charge >= 0.3 is 0 Å². The number of ether oxygens (including phenoxy) is 2. The van der Waals surface area contributed by atoms with Crippen LogP contribution in [0.4, 0.5) is 8.78 Å². The summed E-state index contributed by atoms with van der Waals surface area (Å²) >= 11 is 5.97. The molecule has 0 aromatic heterocycles. The van der Waals surface area contributed by atoms with Gasteiger partial charge in [0, 0.05) is 17.5 Å². The first-order valence-electron chi connectivity index (χ1n) is 11.4. The van der Waals surface area contributed by atoms with E-state index in [0.29, 0.717) is 5.02 Å². The van der Waals surface area contributed by atoms with E-state index in [2.05, 4.69) is 0 Å². The molecule has 0 bridgehead atoms. The molecule has 1 aromatic carbocycles. The third kappa shape index (κ3) is 5.55. The smallest absolute Gasteiger partial charge is 0.189 e. The van der Waals surface area contributed by atoms with Crippen LogP contribution in [0.3, 0.4) is 0 Å². The van der Waals surface area contributed by atoms with Crippen LogP contribution in [-0.2, 0) is 29.1 Å². The molecule has 1 N–H and O–H groups in total. The summed E-state index contributed by atoms with van der Waals surface area (Å²) in [6.07, 6.45) is 2.15. The number of rotatable bonds is 9. The van der Waals surface area contributed by atoms with E-state index < -0.39 is 61.3 Å². The molecule has 0 radical (unpaired) electrons. The van der Waals surface area contributed by atoms with Crippen molar-refractivity contribution in [3.63, 3.8) is 0 Å². The Kier molecular flexibility index (Phi) is 9.37. The van der Waals surface area contributed by atoms with Crippen LogP contribution in [-0.4, -0.2) is 70.8 Å². The van der Waals surface area contributed by atoms with Gasteiger partial charge in [-0.1, -0.05) is 17.7 Å². The van der Waals surface area contributed by atoms with Crippen molar-refractivity contribution in [3.05, 3.63) is 64.7 Å². The van der Waals surface area contributed by atoms with Gasteiger partial charge in [0.2, 0.25) is 0 Å². The standard InChI is InChI=1S/C24H29ClF2O7S2/c1-2-21-23(20(27)4-3-11-26)24(36(31,32)18-7-5-17(25)6-8-18)10-13-33-22(19(24)16-34-21)9-14-35(29,30)15-12-28/h2-8,19,22,28H,9-16H2,1H3/b4-3-,21-2+,23-20-/t19-,22-,24-/m0/s1. The molecule has 0 amide bonds. The number of aliphatic hydroxyl groups excluding tert-OH is 1. The quantitative estimate of drug-likeness (QED) is 0.485. The fraction of sp³-hybridized carbons (Fsp3) is 0.500. The number of benzene rings is 1. The minimum Gasteiger partial charge on any atom is -0.493 e. The second kappa shape index (κ2) is 11.7. The Bertz CT molecular complexity index is 1240. The Balaban J connectivity index is 2.23. The monoisotopic (exact) mass is 566 g/mol. The fourth-order valence-corrected chi connectivity index (χ4v) is 8.42. The average molecular weight is 567 g/mol. The van der Waals surface area contributed by atoms with E-state index in [-0.39, 0.29) is 48.0 Å². The summed E-state index contributed by atoms with van der Waals surface area (Å²) in [7, 11) is -7.96. The van der Waals surface area contributed by atoms with E-state index >= 15 is 4.39 Å². The lowest BCUT2D eigenvalue weighted by molar-refractivity contribution is -0.0745. The maximum Gasteiger partial charge on any atom is 0.189 e. The van der Waals surface area contributed by atoms with Gasteiger partial charge in [-0.2, -0.15) is 0 Å². The van der Waals surface area contributed by atoms with Crippen molar-refractivity contribution in [2.45, 2.75) is 35.5 Å². The average Bonchev–Trinajstić information content (AvgIpc) is 2.85. The number of hydrogen-bond donors (Lipinski definition) is 1. The third-order valence-electron chi connectivity index (χ3n) is 6.51. The molecule has 0 aliphatic carbocycles. The van der Waals surface area contributed by atoms with Gasteiger partial charge in [0.15, 0.2) is 19.7 Å². The normalized spacial score (nSPS) is 27.6. The van der Waals surface area contributed by atoms with E-state index in [1.165, 1.54) is 30.3 Å². The molecular weight excluding hydrogens is 538 g/mol. The Labute approximate surface area is 215 Å². The molecule has 3 rings (SSSR count). The molecule has 1 aromatic rings. The van der Waals surface area contributed by atoms with Gasteiger partial charge in [-0.3, -0.25) is 0 Å². The maximum atomic E-state index is 15.7. The maximum absolute atomic E-state index is 15.7. The van der Waals surface area contributed by atoms with E-state index in [0.717, 1.165) is 12.2 Å². The predicted molar refractivity (Wildman–Crippen MR) is 133 cm³/mol. The van der Waals surface area contributed by atoms with Crippen molar-refractivity contribution < 1.29 is 40.2 Å². The van der Waals surface area contributed by atoms with Crippen LogP contribution < -0.4 is 0 Å². The molecule has 2 aliphatic heterocycles. The molecular formula is C24H29ClF2O7S2. The van der Waals surface area contributed by atoms with Crippen LogP contribution in [0.1, 0.15) is 19.8 Å². The summed E-state index contributed by atoms with van der Waals surface area (Å²) < 4.78 is 91.4. The van der Waals surface area contributed by atoms with Crippen LogP contribution in [0.15, 0.2) is 64.5 Å². The van der Waals surface area contributed by atoms with E-state index in [1.807, 2.05) is 0 Å². The molecule has 0 spiro atoms. The molecule has 2 heterocycles. The van der Waals surface area contributed by atoms with Crippen LogP contribution in [0.5, 0.6) is 0 Å². The van der Waals surface area contributed by atoms with Crippen LogP contribution in [0.25, 0.3) is 0 Å². The summed E-state index contributed by atoms with van der Waals surface area (Å²) in [5.74, 6) is -2.72. The Morgan fingerprint density at radius 3 is 2.53 bits per heavy atom. The lowest BCUT2D eigenvalue weighted by atomic mass is 9.74. The highest BCUT2D eigenvalue weighted by Gasteiger charge is 2.62. The zero-order valence-electron chi connectivity index (χ0n) is 19.7. The summed E-state index contributed by atoms with van der Waals surface area (Å²) in [6.45, 7) is -0.182. The number of halogens is 3. The molecule has 2 aliphatic rings. The summed E-state index contributed by atoms with van der Waals surface area (Å²) in [6, 6.07) is 5.49. The second-order valence-corrected chi connectivity index (χ2v) is 13.5. The van der Waals surface area contributed by atoms with Crippen molar-refractivity contribution in [3.8, 4) is 0 Å². The van der Waals surface area contributed by atoms with E-state index in [1.54, 1.807) is 6.92 Å². The molecule has 200 valence electrons. The zero-order valence-corrected chi connectivity index (χ0v) is 22.1. The lowest BCUT2D eigenvalue weighted by Gasteiger charge is -2.51. The second-order valence-electron chi connectivity index (χ2n) is 8.52. The van der Waals surface area contributed by atoms with Crippen LogP contribution in [0.2, 0.25) is 5.02 Å². The zero-order chi connectivity index (χ0) is 26.6. The first-order valence-corrected chi connectivity index (χ1v) is 15.1. The van der Waals surface area contributed by atoms with Gasteiger partial charge in [-0.15, -0.1) is 0 Å². The highest BCUT2D eigenvalue weighted by Crippen LogP contribution is 2.53. The van der Waals surface area contributed by atoms with Crippen LogP contribution >= 0.6 is 11.6 Å². The highest BCUT2D eigenvalue weighted by molar-refractivity contribution is 7.93. The van der Waals surface area contributed by atoms with Crippen molar-refractivity contribution in [2.75, 3.05) is 38.0 Å². The number of aliphatic hydroxyl groups is 1. The first kappa shape index (κ1) is 28.8. The third-order valence-corrected chi connectivity index (χ3v) is 11.0. The number of alkyl halides is 1. The minimum absolute atomic E-state index is 0.0124. The van der Waals surface area contributed by atoms with Crippen LogP contribution in [0, 0.1) is 5.92 Å². The predicted octanol–water partition coefficient (Wildman–Crippen LogP) is 3.74. The molecule has 2 fully saturated rings. The van der Waals surface area contributed by atoms with Gasteiger partial charge in [0.25, 0.3) is 0 Å². The van der Waals surface area contributed by atoms with Gasteiger partial charge in [-0.05, 0) is 56.2 Å². The van der Waals surface area contributed by atoms with Crippen molar-refractivity contribution >= 4 is 31.3 Å². The number of fused-ring (bicyclic) bond motifs is 1. The Morgan fingerprint density at radius 1 is 1.22 bits per heavy atom. The van der Waals surface area contributed by atoms with Crippen molar-refractivity contribution in [1.29, 1.82) is 0 Å². The van der Waals surface area contributed by atoms with Gasteiger partial charge in [-0.25, -0.2) is 25.6 Å².